The van der Waals surface area contributed by atoms with Gasteiger partial charge in [0.05, 0.1) is 12.6 Å². The molecule has 1 atom stereocenters. The van der Waals surface area contributed by atoms with Gasteiger partial charge in [-0.2, -0.15) is 0 Å². The first-order valence-electron chi connectivity index (χ1n) is 4.02. The first kappa shape index (κ1) is 10.4. The number of aliphatic hydroxyl groups excluding tert-OH is 1. The van der Waals surface area contributed by atoms with E-state index in [1.807, 2.05) is 13.8 Å². The molecule has 3 heteroatoms. The number of hydrogen-bond acceptors (Lipinski definition) is 2. The van der Waals surface area contributed by atoms with Gasteiger partial charge in [0, 0.05) is 6.42 Å². The summed E-state index contributed by atoms with van der Waals surface area (Å²) >= 11 is 0. The van der Waals surface area contributed by atoms with E-state index in [2.05, 4.69) is 5.32 Å². The highest BCUT2D eigenvalue weighted by Crippen LogP contribution is 2.00. The molecule has 1 amide bonds. The van der Waals surface area contributed by atoms with Crippen molar-refractivity contribution in [3.8, 4) is 0 Å². The Morgan fingerprint density at radius 1 is 1.55 bits per heavy atom. The molecule has 0 saturated carbocycles. The largest absolute Gasteiger partial charge is 0.394 e. The van der Waals surface area contributed by atoms with Crippen molar-refractivity contribution in [2.24, 2.45) is 5.92 Å². The molecule has 11 heavy (non-hydrogen) atoms. The Bertz CT molecular complexity index is 123. The minimum absolute atomic E-state index is 0.00208. The zero-order valence-corrected chi connectivity index (χ0v) is 7.42. The zero-order chi connectivity index (χ0) is 8.85. The number of aliphatic hydroxyl groups is 1. The van der Waals surface area contributed by atoms with Crippen LogP contribution in [0.4, 0.5) is 0 Å². The lowest BCUT2D eigenvalue weighted by atomic mass is 10.1. The molecule has 0 spiro atoms. The molecule has 0 aliphatic carbocycles. The number of hydrogen-bond donors (Lipinski definition) is 2. The van der Waals surface area contributed by atoms with Gasteiger partial charge in [0.1, 0.15) is 0 Å². The van der Waals surface area contributed by atoms with Crippen LogP contribution in [0, 0.1) is 5.92 Å². The fourth-order valence-corrected chi connectivity index (χ4v) is 0.732. The van der Waals surface area contributed by atoms with Gasteiger partial charge in [-0.3, -0.25) is 4.79 Å². The van der Waals surface area contributed by atoms with Crippen molar-refractivity contribution < 1.29 is 9.90 Å². The topological polar surface area (TPSA) is 49.3 Å². The van der Waals surface area contributed by atoms with Gasteiger partial charge >= 0.3 is 0 Å². The van der Waals surface area contributed by atoms with E-state index in [1.54, 1.807) is 6.92 Å². The van der Waals surface area contributed by atoms with Gasteiger partial charge in [-0.15, -0.1) is 0 Å². The fourth-order valence-electron chi connectivity index (χ4n) is 0.732. The van der Waals surface area contributed by atoms with Gasteiger partial charge in [-0.25, -0.2) is 0 Å². The van der Waals surface area contributed by atoms with Gasteiger partial charge in [-0.1, -0.05) is 20.8 Å². The lowest BCUT2D eigenvalue weighted by molar-refractivity contribution is -0.122. The second kappa shape index (κ2) is 5.13. The highest BCUT2D eigenvalue weighted by atomic mass is 16.3. The smallest absolute Gasteiger partial charge is 0.220 e. The van der Waals surface area contributed by atoms with Crippen molar-refractivity contribution >= 4 is 5.91 Å². The molecule has 3 nitrogen and oxygen atoms in total. The molecule has 0 radical (unpaired) electrons. The number of rotatable bonds is 4. The normalized spacial score (nSPS) is 13.2. The predicted octanol–water partition coefficient (Wildman–Crippen LogP) is 0.529. The first-order chi connectivity index (χ1) is 5.11. The second-order valence-corrected chi connectivity index (χ2v) is 2.95. The van der Waals surface area contributed by atoms with Crippen molar-refractivity contribution in [1.29, 1.82) is 0 Å². The summed E-state index contributed by atoms with van der Waals surface area (Å²) < 4.78 is 0. The highest BCUT2D eigenvalue weighted by molar-refractivity contribution is 5.75. The fraction of sp³-hybridized carbons (Fsp3) is 0.875. The van der Waals surface area contributed by atoms with Crippen LogP contribution in [0.2, 0.25) is 0 Å². The summed E-state index contributed by atoms with van der Waals surface area (Å²) in [5.74, 6) is 0.285. The number of nitrogens with one attached hydrogen (secondary N) is 1. The summed E-state index contributed by atoms with van der Waals surface area (Å²) in [5.41, 5.74) is 0. The van der Waals surface area contributed by atoms with E-state index in [9.17, 15) is 4.79 Å². The molecular weight excluding hydrogens is 142 g/mol. The molecule has 0 aliphatic rings. The van der Waals surface area contributed by atoms with Crippen molar-refractivity contribution in [2.45, 2.75) is 33.2 Å². The van der Waals surface area contributed by atoms with Crippen molar-refractivity contribution in [3.63, 3.8) is 0 Å². The minimum Gasteiger partial charge on any atom is -0.394 e. The molecule has 0 rings (SSSR count). The van der Waals surface area contributed by atoms with E-state index < -0.39 is 0 Å². The van der Waals surface area contributed by atoms with Crippen molar-refractivity contribution in [1.82, 2.24) is 5.32 Å². The molecule has 0 aromatic carbocycles. The Morgan fingerprint density at radius 2 is 2.09 bits per heavy atom. The van der Waals surface area contributed by atoms with E-state index in [-0.39, 0.29) is 24.5 Å². The third-order valence-corrected chi connectivity index (χ3v) is 1.67. The summed E-state index contributed by atoms with van der Waals surface area (Å²) in [7, 11) is 0. The molecule has 0 aliphatic heterocycles. The van der Waals surface area contributed by atoms with E-state index in [0.717, 1.165) is 0 Å². The summed E-state index contributed by atoms with van der Waals surface area (Å²) in [6, 6.07) is -0.0950. The third-order valence-electron chi connectivity index (χ3n) is 1.67. The predicted molar refractivity (Wildman–Crippen MR) is 44.1 cm³/mol. The van der Waals surface area contributed by atoms with Crippen LogP contribution in [0.5, 0.6) is 0 Å². The molecule has 0 aromatic rings. The van der Waals surface area contributed by atoms with Crippen LogP contribution in [0.15, 0.2) is 0 Å². The average Bonchev–Trinajstić information content (AvgIpc) is 1.99. The average molecular weight is 159 g/mol. The maximum atomic E-state index is 10.9. The van der Waals surface area contributed by atoms with Gasteiger partial charge in [0.15, 0.2) is 0 Å². The van der Waals surface area contributed by atoms with E-state index in [0.29, 0.717) is 6.42 Å². The minimum atomic E-state index is -0.0950. The van der Waals surface area contributed by atoms with Gasteiger partial charge in [-0.05, 0) is 5.92 Å². The summed E-state index contributed by atoms with van der Waals surface area (Å²) in [5, 5.41) is 11.6. The van der Waals surface area contributed by atoms with Gasteiger partial charge < -0.3 is 10.4 Å². The van der Waals surface area contributed by atoms with Crippen LogP contribution in [0.1, 0.15) is 27.2 Å². The molecule has 0 bridgehead atoms. The lowest BCUT2D eigenvalue weighted by Crippen LogP contribution is -2.40. The second-order valence-electron chi connectivity index (χ2n) is 2.95. The molecule has 1 unspecified atom stereocenters. The molecule has 0 aromatic heterocycles. The standard InChI is InChI=1S/C8H17NO2/c1-4-8(11)9-7(5-10)6(2)3/h6-7,10H,4-5H2,1-3H3,(H,9,11). The molecular formula is C8H17NO2. The molecule has 0 saturated heterocycles. The molecule has 0 heterocycles. The molecule has 2 N–H and O–H groups in total. The van der Waals surface area contributed by atoms with Crippen LogP contribution in [0.3, 0.4) is 0 Å². The maximum Gasteiger partial charge on any atom is 0.220 e. The van der Waals surface area contributed by atoms with Crippen molar-refractivity contribution in [3.05, 3.63) is 0 Å². The van der Waals surface area contributed by atoms with Crippen molar-refractivity contribution in [2.75, 3.05) is 6.61 Å². The lowest BCUT2D eigenvalue weighted by Gasteiger charge is -2.19. The molecule has 66 valence electrons. The van der Waals surface area contributed by atoms with Gasteiger partial charge in [0.2, 0.25) is 5.91 Å². The summed E-state index contributed by atoms with van der Waals surface area (Å²) in [6.45, 7) is 5.75. The monoisotopic (exact) mass is 159 g/mol. The van der Waals surface area contributed by atoms with Crippen LogP contribution in [-0.2, 0) is 4.79 Å². The highest BCUT2D eigenvalue weighted by Gasteiger charge is 2.13. The Kier molecular flexibility index (Phi) is 4.86. The van der Waals surface area contributed by atoms with E-state index >= 15 is 0 Å². The van der Waals surface area contributed by atoms with Crippen LogP contribution < -0.4 is 5.32 Å². The van der Waals surface area contributed by atoms with E-state index in [1.165, 1.54) is 0 Å². The summed E-state index contributed by atoms with van der Waals surface area (Å²) in [6.07, 6.45) is 0.475. The Balaban J connectivity index is 3.78. The Morgan fingerprint density at radius 3 is 2.36 bits per heavy atom. The van der Waals surface area contributed by atoms with Gasteiger partial charge in [0.25, 0.3) is 0 Å². The maximum absolute atomic E-state index is 10.9. The number of carbonyl (C=O) groups excluding carboxylic acids is 1. The third kappa shape index (κ3) is 3.98. The SMILES string of the molecule is CCC(=O)NC(CO)C(C)C. The Hall–Kier alpha value is -0.570. The quantitative estimate of drug-likeness (QED) is 0.628. The summed E-state index contributed by atoms with van der Waals surface area (Å²) in [4.78, 5) is 10.9. The first-order valence-corrected chi connectivity index (χ1v) is 4.02. The van der Waals surface area contributed by atoms with Crippen LogP contribution in [0.25, 0.3) is 0 Å². The van der Waals surface area contributed by atoms with Crippen LogP contribution >= 0.6 is 0 Å². The van der Waals surface area contributed by atoms with Crippen LogP contribution in [-0.4, -0.2) is 23.7 Å². The number of carbonyl (C=O) groups is 1. The zero-order valence-electron chi connectivity index (χ0n) is 7.42. The number of amides is 1. The van der Waals surface area contributed by atoms with E-state index in [4.69, 9.17) is 5.11 Å². The Labute approximate surface area is 67.8 Å². The molecule has 0 fully saturated rings.